The van der Waals surface area contributed by atoms with Crippen molar-refractivity contribution in [3.8, 4) is 5.75 Å². The van der Waals surface area contributed by atoms with E-state index in [-0.39, 0.29) is 18.2 Å². The van der Waals surface area contributed by atoms with E-state index in [4.69, 9.17) is 4.74 Å². The highest BCUT2D eigenvalue weighted by Gasteiger charge is 2.28. The molecule has 1 heterocycles. The minimum atomic E-state index is -4.18. The Bertz CT molecular complexity index is 827. The first-order valence-corrected chi connectivity index (χ1v) is 9.76. The second-order valence-corrected chi connectivity index (χ2v) is 7.85. The van der Waals surface area contributed by atoms with E-state index in [9.17, 15) is 22.0 Å². The van der Waals surface area contributed by atoms with E-state index in [0.717, 1.165) is 16.6 Å². The fourth-order valence-corrected chi connectivity index (χ4v) is 4.55. The van der Waals surface area contributed by atoms with E-state index in [1.165, 1.54) is 24.9 Å². The maximum atomic E-state index is 13.7. The molecule has 0 radical (unpaired) electrons. The molecule has 2 aromatic carbocycles. The summed E-state index contributed by atoms with van der Waals surface area (Å²) >= 11 is 1.48. The molecule has 0 amide bonds. The molecule has 1 aliphatic heterocycles. The zero-order valence-corrected chi connectivity index (χ0v) is 16.0. The molecule has 2 aromatic rings. The number of methoxy groups -OCH3 is 1. The van der Waals surface area contributed by atoms with Gasteiger partial charge in [-0.2, -0.15) is 13.2 Å². The summed E-state index contributed by atoms with van der Waals surface area (Å²) in [7, 11) is 1.54. The van der Waals surface area contributed by atoms with Crippen molar-refractivity contribution in [1.82, 2.24) is 0 Å². The van der Waals surface area contributed by atoms with Crippen molar-refractivity contribution in [2.24, 2.45) is 0 Å². The third kappa shape index (κ3) is 5.10. The van der Waals surface area contributed by atoms with Gasteiger partial charge in [-0.1, -0.05) is 6.07 Å². The summed E-state index contributed by atoms with van der Waals surface area (Å²) in [5.74, 6) is -1.18. The minimum absolute atomic E-state index is 0.00449. The van der Waals surface area contributed by atoms with Gasteiger partial charge in [0, 0.05) is 29.7 Å². The number of thioether (sulfide) groups is 1. The number of hydrogen-bond donors (Lipinski definition) is 0. The molecule has 2 nitrogen and oxygen atoms in total. The average Bonchev–Trinajstić information content (AvgIpc) is 2.82. The quantitative estimate of drug-likeness (QED) is 0.526. The van der Waals surface area contributed by atoms with Crippen LogP contribution in [0.5, 0.6) is 5.75 Å². The van der Waals surface area contributed by atoms with Gasteiger partial charge in [-0.05, 0) is 48.7 Å². The number of rotatable bonds is 5. The summed E-state index contributed by atoms with van der Waals surface area (Å²) in [6.07, 6.45) is -4.43. The smallest absolute Gasteiger partial charge is 0.389 e. The topological polar surface area (TPSA) is 12.5 Å². The Morgan fingerprint density at radius 2 is 1.89 bits per heavy atom. The maximum Gasteiger partial charge on any atom is 0.389 e. The summed E-state index contributed by atoms with van der Waals surface area (Å²) < 4.78 is 69.8. The van der Waals surface area contributed by atoms with Gasteiger partial charge in [-0.15, -0.1) is 11.8 Å². The van der Waals surface area contributed by atoms with E-state index in [0.29, 0.717) is 24.3 Å². The number of alkyl halides is 3. The third-order valence-corrected chi connectivity index (χ3v) is 6.02. The summed E-state index contributed by atoms with van der Waals surface area (Å²) in [5, 5.41) is -0.145. The van der Waals surface area contributed by atoms with Gasteiger partial charge in [-0.3, -0.25) is 0 Å². The fraction of sp³-hybridized carbons (Fsp3) is 0.400. The lowest BCUT2D eigenvalue weighted by Gasteiger charge is -2.25. The second kappa shape index (κ2) is 8.59. The van der Waals surface area contributed by atoms with Crippen molar-refractivity contribution in [3.63, 3.8) is 0 Å². The van der Waals surface area contributed by atoms with Crippen molar-refractivity contribution in [2.75, 3.05) is 25.1 Å². The van der Waals surface area contributed by atoms with E-state index in [1.54, 1.807) is 12.1 Å². The van der Waals surface area contributed by atoms with Crippen LogP contribution in [0.25, 0.3) is 0 Å². The Morgan fingerprint density at radius 3 is 2.57 bits per heavy atom. The summed E-state index contributed by atoms with van der Waals surface area (Å²) in [6.45, 7) is 0.789. The molecule has 0 spiro atoms. The van der Waals surface area contributed by atoms with Gasteiger partial charge in [0.2, 0.25) is 0 Å². The van der Waals surface area contributed by atoms with Gasteiger partial charge in [0.1, 0.15) is 5.75 Å². The normalized spacial score (nSPS) is 17.2. The lowest BCUT2D eigenvalue weighted by atomic mass is 10.1. The van der Waals surface area contributed by atoms with E-state index in [1.807, 2.05) is 17.0 Å². The lowest BCUT2D eigenvalue weighted by Crippen LogP contribution is -2.26. The van der Waals surface area contributed by atoms with Crippen LogP contribution in [0.15, 0.2) is 41.3 Å². The Hall–Kier alpha value is -1.96. The highest BCUT2D eigenvalue weighted by molar-refractivity contribution is 7.99. The predicted octanol–water partition coefficient (Wildman–Crippen LogP) is 6.36. The molecule has 28 heavy (non-hydrogen) atoms. The van der Waals surface area contributed by atoms with Gasteiger partial charge in [-0.25, -0.2) is 8.78 Å². The summed E-state index contributed by atoms with van der Waals surface area (Å²) in [6, 6.07) is 9.27. The van der Waals surface area contributed by atoms with Gasteiger partial charge in [0.15, 0.2) is 11.6 Å². The molecule has 152 valence electrons. The number of halogens is 5. The molecule has 0 saturated heterocycles. The van der Waals surface area contributed by atoms with Crippen LogP contribution >= 0.6 is 11.8 Å². The number of anilines is 1. The predicted molar refractivity (Wildman–Crippen MR) is 100 cm³/mol. The largest absolute Gasteiger partial charge is 0.497 e. The van der Waals surface area contributed by atoms with Crippen LogP contribution in [-0.4, -0.2) is 26.4 Å². The number of ether oxygens (including phenoxy) is 1. The molecular formula is C20H20F5NOS. The third-order valence-electron chi connectivity index (χ3n) is 4.64. The van der Waals surface area contributed by atoms with Gasteiger partial charge < -0.3 is 9.64 Å². The van der Waals surface area contributed by atoms with Crippen molar-refractivity contribution in [1.29, 1.82) is 0 Å². The van der Waals surface area contributed by atoms with Gasteiger partial charge >= 0.3 is 6.18 Å². The molecule has 1 aliphatic rings. The Kier molecular flexibility index (Phi) is 6.37. The van der Waals surface area contributed by atoms with E-state index >= 15 is 0 Å². The molecular weight excluding hydrogens is 397 g/mol. The van der Waals surface area contributed by atoms with Crippen LogP contribution in [-0.2, 0) is 0 Å². The van der Waals surface area contributed by atoms with Crippen LogP contribution in [0, 0.1) is 11.6 Å². The zero-order chi connectivity index (χ0) is 20.3. The zero-order valence-electron chi connectivity index (χ0n) is 15.2. The highest BCUT2D eigenvalue weighted by atomic mass is 32.2. The average molecular weight is 417 g/mol. The van der Waals surface area contributed by atoms with Crippen LogP contribution in [0.3, 0.4) is 0 Å². The molecule has 1 unspecified atom stereocenters. The van der Waals surface area contributed by atoms with E-state index in [2.05, 4.69) is 0 Å². The van der Waals surface area contributed by atoms with Crippen molar-refractivity contribution < 1.29 is 26.7 Å². The molecule has 1 atom stereocenters. The lowest BCUT2D eigenvalue weighted by molar-refractivity contribution is -0.135. The molecule has 0 aliphatic carbocycles. The first kappa shape index (κ1) is 20.8. The number of nitrogens with zero attached hydrogens (tertiary/aromatic N) is 1. The van der Waals surface area contributed by atoms with Crippen LogP contribution in [0.4, 0.5) is 27.6 Å². The Labute approximate surface area is 164 Å². The Morgan fingerprint density at radius 1 is 1.11 bits per heavy atom. The summed E-state index contributed by atoms with van der Waals surface area (Å²) in [5.41, 5.74) is 1.48. The number of fused-ring (bicyclic) bond motifs is 1. The molecule has 0 aromatic heterocycles. The van der Waals surface area contributed by atoms with Crippen LogP contribution in [0.1, 0.15) is 30.1 Å². The molecule has 8 heteroatoms. The highest BCUT2D eigenvalue weighted by Crippen LogP contribution is 2.46. The molecule has 3 rings (SSSR count). The van der Waals surface area contributed by atoms with E-state index < -0.39 is 24.2 Å². The van der Waals surface area contributed by atoms with Crippen molar-refractivity contribution in [2.45, 2.75) is 35.6 Å². The molecule has 0 saturated carbocycles. The van der Waals surface area contributed by atoms with Crippen LogP contribution in [0.2, 0.25) is 0 Å². The molecule has 0 N–H and O–H groups in total. The standard InChI is InChI=1S/C20H20F5NOS/c1-27-14-4-6-17-19(12-14)28-18(13-3-5-15(21)16(22)11-13)7-10-26(17)9-2-8-20(23,24)25/h3-6,11-12,18H,2,7-10H2,1H3. The SMILES string of the molecule is COc1ccc2c(c1)SC(c1ccc(F)c(F)c1)CCN2CCCC(F)(F)F. The van der Waals surface area contributed by atoms with Gasteiger partial charge in [0.05, 0.1) is 12.8 Å². The maximum absolute atomic E-state index is 13.7. The first-order chi connectivity index (χ1) is 13.3. The summed E-state index contributed by atoms with van der Waals surface area (Å²) in [4.78, 5) is 2.77. The molecule has 0 bridgehead atoms. The second-order valence-electron chi connectivity index (χ2n) is 6.61. The van der Waals surface area contributed by atoms with Gasteiger partial charge in [0.25, 0.3) is 0 Å². The van der Waals surface area contributed by atoms with Crippen LogP contribution < -0.4 is 9.64 Å². The Balaban J connectivity index is 1.86. The minimum Gasteiger partial charge on any atom is -0.497 e. The number of benzene rings is 2. The van der Waals surface area contributed by atoms with Crippen molar-refractivity contribution >= 4 is 17.4 Å². The monoisotopic (exact) mass is 417 g/mol. The molecule has 0 fully saturated rings. The fourth-order valence-electron chi connectivity index (χ4n) is 3.23. The number of hydrogen-bond acceptors (Lipinski definition) is 3. The van der Waals surface area contributed by atoms with Crippen molar-refractivity contribution in [3.05, 3.63) is 53.6 Å². The first-order valence-electron chi connectivity index (χ1n) is 8.88.